The Morgan fingerprint density at radius 2 is 1.06 bits per heavy atom. The van der Waals surface area contributed by atoms with Gasteiger partial charge in [0.25, 0.3) is 0 Å². The molecule has 0 unspecified atom stereocenters. The first-order valence-electron chi connectivity index (χ1n) is 6.87. The zero-order valence-electron chi connectivity index (χ0n) is 11.1. The summed E-state index contributed by atoms with van der Waals surface area (Å²) in [4.78, 5) is 0. The van der Waals surface area contributed by atoms with E-state index in [1.165, 1.54) is 25.7 Å². The van der Waals surface area contributed by atoms with Gasteiger partial charge < -0.3 is 0 Å². The van der Waals surface area contributed by atoms with E-state index in [2.05, 4.69) is 20.8 Å². The molecule has 16 heavy (non-hydrogen) atoms. The van der Waals surface area contributed by atoms with Crippen LogP contribution in [0.2, 0.25) is 0 Å². The summed E-state index contributed by atoms with van der Waals surface area (Å²) in [6.45, 7) is 7.53. The molecular weight excluding hydrogens is 306 g/mol. The molecule has 0 bridgehead atoms. The van der Waals surface area contributed by atoms with Crippen molar-refractivity contribution in [1.82, 2.24) is 0 Å². The average Bonchev–Trinajstić information content (AvgIpc) is 2.73. The van der Waals surface area contributed by atoms with Crippen molar-refractivity contribution in [1.29, 1.82) is 0 Å². The summed E-state index contributed by atoms with van der Waals surface area (Å²) in [6, 6.07) is 0. The summed E-state index contributed by atoms with van der Waals surface area (Å²) in [6.07, 6.45) is 12.3. The molecule has 0 aliphatic heterocycles. The predicted molar refractivity (Wildman–Crippen MR) is 71.2 cm³/mol. The SMILES string of the molecule is CC(C)(C)P(C1CCCC1)C1CCCC1.[Pd]. The van der Waals surface area contributed by atoms with Crippen LogP contribution in [0.15, 0.2) is 0 Å². The van der Waals surface area contributed by atoms with E-state index >= 15 is 0 Å². The van der Waals surface area contributed by atoms with Crippen LogP contribution >= 0.6 is 7.92 Å². The van der Waals surface area contributed by atoms with Crippen molar-refractivity contribution in [2.24, 2.45) is 0 Å². The van der Waals surface area contributed by atoms with E-state index in [4.69, 9.17) is 0 Å². The average molecular weight is 333 g/mol. The van der Waals surface area contributed by atoms with Crippen LogP contribution in [0.25, 0.3) is 0 Å². The largest absolute Gasteiger partial charge is 0.0948 e. The summed E-state index contributed by atoms with van der Waals surface area (Å²) in [7, 11) is 0.296. The maximum absolute atomic E-state index is 2.51. The Morgan fingerprint density at radius 1 is 0.750 bits per heavy atom. The van der Waals surface area contributed by atoms with Crippen LogP contribution in [0.4, 0.5) is 0 Å². The van der Waals surface area contributed by atoms with Crippen molar-refractivity contribution in [3.8, 4) is 0 Å². The van der Waals surface area contributed by atoms with Crippen molar-refractivity contribution in [2.75, 3.05) is 0 Å². The van der Waals surface area contributed by atoms with Gasteiger partial charge in [0, 0.05) is 20.4 Å². The van der Waals surface area contributed by atoms with Gasteiger partial charge in [-0.3, -0.25) is 0 Å². The van der Waals surface area contributed by atoms with Gasteiger partial charge in [0.15, 0.2) is 0 Å². The van der Waals surface area contributed by atoms with Gasteiger partial charge in [-0.1, -0.05) is 54.4 Å². The molecular formula is C14H27PPd. The molecule has 2 fully saturated rings. The quantitative estimate of drug-likeness (QED) is 0.484. The fourth-order valence-electron chi connectivity index (χ4n) is 3.76. The maximum Gasteiger partial charge on any atom is 0 e. The third-order valence-electron chi connectivity index (χ3n) is 4.21. The van der Waals surface area contributed by atoms with Crippen molar-refractivity contribution < 1.29 is 20.4 Å². The maximum atomic E-state index is 2.51. The summed E-state index contributed by atoms with van der Waals surface area (Å²) in [5.41, 5.74) is 2.26. The van der Waals surface area contributed by atoms with Crippen molar-refractivity contribution in [3.05, 3.63) is 0 Å². The first-order valence-corrected chi connectivity index (χ1v) is 8.35. The van der Waals surface area contributed by atoms with E-state index in [0.29, 0.717) is 13.1 Å². The Labute approximate surface area is 117 Å². The topological polar surface area (TPSA) is 0 Å². The van der Waals surface area contributed by atoms with Gasteiger partial charge in [0.05, 0.1) is 0 Å². The van der Waals surface area contributed by atoms with Gasteiger partial charge in [-0.25, -0.2) is 0 Å². The molecule has 0 saturated heterocycles. The third kappa shape index (κ3) is 3.54. The van der Waals surface area contributed by atoms with Crippen molar-refractivity contribution in [2.45, 2.75) is 88.6 Å². The van der Waals surface area contributed by atoms with Crippen LogP contribution in [0, 0.1) is 0 Å². The smallest absolute Gasteiger partial charge is 0 e. The number of hydrogen-bond donors (Lipinski definition) is 0. The molecule has 2 saturated carbocycles. The van der Waals surface area contributed by atoms with E-state index in [-0.39, 0.29) is 20.4 Å². The Balaban J connectivity index is 0.00000128. The first-order chi connectivity index (χ1) is 7.09. The second-order valence-corrected chi connectivity index (χ2v) is 10.1. The Morgan fingerprint density at radius 3 is 1.31 bits per heavy atom. The molecule has 2 aliphatic rings. The Kier molecular flexibility index (Phi) is 5.98. The summed E-state index contributed by atoms with van der Waals surface area (Å²) in [5.74, 6) is 0. The molecule has 0 aromatic rings. The number of rotatable bonds is 2. The van der Waals surface area contributed by atoms with Crippen molar-refractivity contribution >= 4 is 7.92 Å². The normalized spacial score (nSPS) is 24.0. The molecule has 0 heterocycles. The zero-order chi connectivity index (χ0) is 10.9. The van der Waals surface area contributed by atoms with Gasteiger partial charge in [0.2, 0.25) is 0 Å². The van der Waals surface area contributed by atoms with Crippen LogP contribution in [0.3, 0.4) is 0 Å². The predicted octanol–water partition coefficient (Wildman–Crippen LogP) is 5.15. The molecule has 0 spiro atoms. The molecule has 2 rings (SSSR count). The fraction of sp³-hybridized carbons (Fsp3) is 1.00. The second kappa shape index (κ2) is 6.32. The second-order valence-electron chi connectivity index (χ2n) is 6.45. The zero-order valence-corrected chi connectivity index (χ0v) is 13.5. The van der Waals surface area contributed by atoms with Gasteiger partial charge in [0.1, 0.15) is 0 Å². The minimum Gasteiger partial charge on any atom is -0.0948 e. The van der Waals surface area contributed by atoms with Gasteiger partial charge in [-0.05, 0) is 42.2 Å². The van der Waals surface area contributed by atoms with Crippen LogP contribution in [-0.2, 0) is 20.4 Å². The van der Waals surface area contributed by atoms with Crippen LogP contribution in [-0.4, -0.2) is 16.5 Å². The van der Waals surface area contributed by atoms with Crippen LogP contribution in [0.5, 0.6) is 0 Å². The van der Waals surface area contributed by atoms with Gasteiger partial charge >= 0.3 is 0 Å². The standard InChI is InChI=1S/C14H27P.Pd/c1-14(2,3)15(12-8-4-5-9-12)13-10-6-7-11-13;/h12-13H,4-11H2,1-3H3;. The molecule has 0 N–H and O–H groups in total. The van der Waals surface area contributed by atoms with E-state index in [9.17, 15) is 0 Å². The molecule has 2 aliphatic carbocycles. The monoisotopic (exact) mass is 332 g/mol. The molecule has 0 radical (unpaired) electrons. The molecule has 98 valence electrons. The van der Waals surface area contributed by atoms with Gasteiger partial charge in [-0.2, -0.15) is 0 Å². The molecule has 0 nitrogen and oxygen atoms in total. The number of hydrogen-bond acceptors (Lipinski definition) is 0. The fourth-order valence-corrected chi connectivity index (χ4v) is 8.39. The summed E-state index contributed by atoms with van der Waals surface area (Å²) < 4.78 is 0. The summed E-state index contributed by atoms with van der Waals surface area (Å²) >= 11 is 0. The third-order valence-corrected chi connectivity index (χ3v) is 8.37. The molecule has 0 aromatic heterocycles. The van der Waals surface area contributed by atoms with E-state index < -0.39 is 0 Å². The van der Waals surface area contributed by atoms with Crippen molar-refractivity contribution in [3.63, 3.8) is 0 Å². The van der Waals surface area contributed by atoms with E-state index in [1.807, 2.05) is 0 Å². The first kappa shape index (κ1) is 15.2. The van der Waals surface area contributed by atoms with Gasteiger partial charge in [-0.15, -0.1) is 0 Å². The van der Waals surface area contributed by atoms with Crippen LogP contribution in [0.1, 0.15) is 72.1 Å². The minimum atomic E-state index is 0. The Hall–Kier alpha value is 1.09. The molecule has 2 heteroatoms. The summed E-state index contributed by atoms with van der Waals surface area (Å²) in [5, 5.41) is 0.610. The Bertz CT molecular complexity index is 181. The van der Waals surface area contributed by atoms with Crippen LogP contribution < -0.4 is 0 Å². The molecule has 0 amide bonds. The van der Waals surface area contributed by atoms with E-state index in [0.717, 1.165) is 11.3 Å². The van der Waals surface area contributed by atoms with E-state index in [1.54, 1.807) is 25.7 Å². The molecule has 0 atom stereocenters. The minimum absolute atomic E-state index is 0. The molecule has 0 aromatic carbocycles.